The second-order valence-electron chi connectivity index (χ2n) is 8.03. The number of allylic oxidation sites excluding steroid dienone is 1. The zero-order valence-corrected chi connectivity index (χ0v) is 14.7. The van der Waals surface area contributed by atoms with Gasteiger partial charge in [-0.15, -0.1) is 0 Å². The van der Waals surface area contributed by atoms with Gasteiger partial charge in [0.15, 0.2) is 0 Å². The molecule has 3 aliphatic carbocycles. The van der Waals surface area contributed by atoms with Crippen LogP contribution < -0.4 is 10.1 Å². The second-order valence-corrected chi connectivity index (χ2v) is 8.03. The number of hydrogen-bond acceptors (Lipinski definition) is 2. The van der Waals surface area contributed by atoms with Crippen molar-refractivity contribution in [3.8, 4) is 5.75 Å². The van der Waals surface area contributed by atoms with Crippen molar-refractivity contribution in [3.05, 3.63) is 35.4 Å². The standard InChI is InChI=1S/C21H27NO2/c1-13-4-7-18-16-6-5-14-10-19(22-12-23)20(24-3)11-17(14)15(16)8-9-21(13,18)2/h10-12,15-16,18H,1,4-9H2,2-3H3,(H,22,23)/t15-,16+,18-,21+/m0/s1. The van der Waals surface area contributed by atoms with E-state index in [1.807, 2.05) is 0 Å². The molecule has 24 heavy (non-hydrogen) atoms. The van der Waals surface area contributed by atoms with Gasteiger partial charge in [0.25, 0.3) is 0 Å². The molecule has 3 heteroatoms. The third-order valence-corrected chi connectivity index (χ3v) is 7.21. The summed E-state index contributed by atoms with van der Waals surface area (Å²) in [4.78, 5) is 10.9. The van der Waals surface area contributed by atoms with E-state index in [4.69, 9.17) is 4.74 Å². The first-order valence-electron chi connectivity index (χ1n) is 9.17. The fourth-order valence-electron chi connectivity index (χ4n) is 5.85. The largest absolute Gasteiger partial charge is 0.495 e. The van der Waals surface area contributed by atoms with E-state index in [2.05, 4.69) is 31.0 Å². The van der Waals surface area contributed by atoms with Gasteiger partial charge < -0.3 is 10.1 Å². The van der Waals surface area contributed by atoms with Crippen molar-refractivity contribution < 1.29 is 9.53 Å². The van der Waals surface area contributed by atoms with Crippen LogP contribution in [0.25, 0.3) is 0 Å². The van der Waals surface area contributed by atoms with Gasteiger partial charge in [0, 0.05) is 0 Å². The van der Waals surface area contributed by atoms with Crippen molar-refractivity contribution in [3.63, 3.8) is 0 Å². The summed E-state index contributed by atoms with van der Waals surface area (Å²) in [6.07, 6.45) is 8.12. The number of benzene rings is 1. The lowest BCUT2D eigenvalue weighted by atomic mass is 9.55. The average molecular weight is 325 g/mol. The SMILES string of the molecule is C=C1CC[C@H]2[C@@H]3CCc4cc(NC=O)c(OC)cc4[C@H]3CC[C@]12C. The highest BCUT2D eigenvalue weighted by molar-refractivity contribution is 5.76. The molecule has 0 bridgehead atoms. The maximum Gasteiger partial charge on any atom is 0.211 e. The molecule has 0 unspecified atom stereocenters. The quantitative estimate of drug-likeness (QED) is 0.647. The zero-order valence-electron chi connectivity index (χ0n) is 14.7. The van der Waals surface area contributed by atoms with Crippen LogP contribution in [-0.2, 0) is 11.2 Å². The minimum absolute atomic E-state index is 0.363. The zero-order chi connectivity index (χ0) is 16.9. The Morgan fingerprint density at radius 1 is 1.29 bits per heavy atom. The molecule has 0 heterocycles. The molecule has 0 spiro atoms. The van der Waals surface area contributed by atoms with Gasteiger partial charge in [0.05, 0.1) is 12.8 Å². The number of fused-ring (bicyclic) bond motifs is 5. The molecule has 0 aliphatic heterocycles. The Hall–Kier alpha value is -1.77. The molecule has 1 amide bonds. The molecule has 128 valence electrons. The van der Waals surface area contributed by atoms with Crippen LogP contribution in [0.2, 0.25) is 0 Å². The van der Waals surface area contributed by atoms with Crippen molar-refractivity contribution in [2.24, 2.45) is 17.3 Å². The van der Waals surface area contributed by atoms with Crippen molar-refractivity contribution in [2.75, 3.05) is 12.4 Å². The average Bonchev–Trinajstić information content (AvgIpc) is 2.89. The van der Waals surface area contributed by atoms with Crippen LogP contribution in [0.4, 0.5) is 5.69 Å². The number of methoxy groups -OCH3 is 1. The van der Waals surface area contributed by atoms with E-state index in [9.17, 15) is 4.79 Å². The highest BCUT2D eigenvalue weighted by atomic mass is 16.5. The number of nitrogens with one attached hydrogen (secondary N) is 1. The number of ether oxygens (including phenoxy) is 1. The van der Waals surface area contributed by atoms with Crippen LogP contribution in [-0.4, -0.2) is 13.5 Å². The molecule has 0 radical (unpaired) electrons. The van der Waals surface area contributed by atoms with Crippen LogP contribution in [0.15, 0.2) is 24.3 Å². The molecular formula is C21H27NO2. The summed E-state index contributed by atoms with van der Waals surface area (Å²) in [5.41, 5.74) is 5.49. The molecule has 4 atom stereocenters. The monoisotopic (exact) mass is 325 g/mol. The number of amides is 1. The number of aryl methyl sites for hydroxylation is 1. The van der Waals surface area contributed by atoms with Gasteiger partial charge in [-0.05, 0) is 85.0 Å². The summed E-state index contributed by atoms with van der Waals surface area (Å²) in [5, 5.41) is 2.78. The minimum atomic E-state index is 0.363. The molecule has 1 aromatic carbocycles. The second kappa shape index (κ2) is 5.65. The molecule has 1 aromatic rings. The Bertz CT molecular complexity index is 695. The van der Waals surface area contributed by atoms with E-state index >= 15 is 0 Å². The Labute approximate surface area is 144 Å². The van der Waals surface area contributed by atoms with Gasteiger partial charge in [-0.25, -0.2) is 0 Å². The normalized spacial score (nSPS) is 34.1. The van der Waals surface area contributed by atoms with Crippen LogP contribution >= 0.6 is 0 Å². The lowest BCUT2D eigenvalue weighted by Crippen LogP contribution is -2.40. The lowest BCUT2D eigenvalue weighted by molar-refractivity contribution is -0.105. The van der Waals surface area contributed by atoms with Crippen molar-refractivity contribution in [2.45, 2.75) is 51.4 Å². The lowest BCUT2D eigenvalue weighted by Gasteiger charge is -2.49. The molecular weight excluding hydrogens is 298 g/mol. The predicted octanol–water partition coefficient (Wildman–Crippen LogP) is 4.68. The highest BCUT2D eigenvalue weighted by Gasteiger charge is 2.51. The van der Waals surface area contributed by atoms with E-state index in [-0.39, 0.29) is 0 Å². The third kappa shape index (κ3) is 2.13. The van der Waals surface area contributed by atoms with Gasteiger partial charge in [-0.3, -0.25) is 4.79 Å². The minimum Gasteiger partial charge on any atom is -0.495 e. The topological polar surface area (TPSA) is 38.3 Å². The first kappa shape index (κ1) is 15.7. The molecule has 2 fully saturated rings. The van der Waals surface area contributed by atoms with Crippen LogP contribution in [0.3, 0.4) is 0 Å². The predicted molar refractivity (Wildman–Crippen MR) is 96.4 cm³/mol. The van der Waals surface area contributed by atoms with Crippen molar-refractivity contribution >= 4 is 12.1 Å². The van der Waals surface area contributed by atoms with Gasteiger partial charge >= 0.3 is 0 Å². The third-order valence-electron chi connectivity index (χ3n) is 7.21. The van der Waals surface area contributed by atoms with E-state index in [1.165, 1.54) is 48.8 Å². The van der Waals surface area contributed by atoms with E-state index in [0.717, 1.165) is 36.1 Å². The Morgan fingerprint density at radius 2 is 2.12 bits per heavy atom. The maximum atomic E-state index is 10.9. The first-order valence-corrected chi connectivity index (χ1v) is 9.17. The van der Waals surface area contributed by atoms with Gasteiger partial charge in [-0.1, -0.05) is 19.1 Å². The summed E-state index contributed by atoms with van der Waals surface area (Å²) in [7, 11) is 1.68. The molecule has 4 rings (SSSR count). The fraction of sp³-hybridized carbons (Fsp3) is 0.571. The molecule has 0 aromatic heterocycles. The number of anilines is 1. The molecule has 3 aliphatic rings. The maximum absolute atomic E-state index is 10.9. The van der Waals surface area contributed by atoms with Crippen LogP contribution in [0, 0.1) is 17.3 Å². The number of carbonyl (C=O) groups excluding carboxylic acids is 1. The molecule has 2 saturated carbocycles. The smallest absolute Gasteiger partial charge is 0.211 e. The molecule has 1 N–H and O–H groups in total. The van der Waals surface area contributed by atoms with Gasteiger partial charge in [0.2, 0.25) is 6.41 Å². The van der Waals surface area contributed by atoms with Gasteiger partial charge in [-0.2, -0.15) is 0 Å². The van der Waals surface area contributed by atoms with Crippen molar-refractivity contribution in [1.29, 1.82) is 0 Å². The molecule has 3 nitrogen and oxygen atoms in total. The fourth-order valence-corrected chi connectivity index (χ4v) is 5.85. The number of rotatable bonds is 3. The Balaban J connectivity index is 1.72. The Morgan fingerprint density at radius 3 is 2.88 bits per heavy atom. The summed E-state index contributed by atoms with van der Waals surface area (Å²) >= 11 is 0. The van der Waals surface area contributed by atoms with E-state index in [1.54, 1.807) is 7.11 Å². The summed E-state index contributed by atoms with van der Waals surface area (Å²) < 4.78 is 5.53. The van der Waals surface area contributed by atoms with E-state index in [0.29, 0.717) is 11.3 Å². The van der Waals surface area contributed by atoms with Crippen LogP contribution in [0.1, 0.15) is 56.1 Å². The summed E-state index contributed by atoms with van der Waals surface area (Å²) in [6.45, 7) is 6.85. The van der Waals surface area contributed by atoms with Crippen LogP contribution in [0.5, 0.6) is 5.75 Å². The first-order chi connectivity index (χ1) is 11.6. The molecule has 0 saturated heterocycles. The van der Waals surface area contributed by atoms with Gasteiger partial charge in [0.1, 0.15) is 5.75 Å². The Kier molecular flexibility index (Phi) is 3.70. The number of carbonyl (C=O) groups is 1. The highest BCUT2D eigenvalue weighted by Crippen LogP contribution is 2.62. The summed E-state index contributed by atoms with van der Waals surface area (Å²) in [6, 6.07) is 4.31. The van der Waals surface area contributed by atoms with E-state index < -0.39 is 0 Å². The summed E-state index contributed by atoms with van der Waals surface area (Å²) in [5.74, 6) is 2.98. The number of hydrogen-bond donors (Lipinski definition) is 1. The van der Waals surface area contributed by atoms with Crippen molar-refractivity contribution in [1.82, 2.24) is 0 Å².